The largest absolute Gasteiger partial charge is 0.377 e. The van der Waals surface area contributed by atoms with Gasteiger partial charge >= 0.3 is 0 Å². The van der Waals surface area contributed by atoms with Gasteiger partial charge < -0.3 is 4.74 Å². The van der Waals surface area contributed by atoms with E-state index in [4.69, 9.17) is 9.72 Å². The van der Waals surface area contributed by atoms with Crippen molar-refractivity contribution >= 4 is 22.7 Å². The zero-order chi connectivity index (χ0) is 18.1. The average molecular weight is 373 g/mol. The number of nitrogens with zero attached hydrogens (tertiary/aromatic N) is 2. The Hall–Kier alpha value is -1.33. The van der Waals surface area contributed by atoms with Gasteiger partial charge in [0.1, 0.15) is 0 Å². The van der Waals surface area contributed by atoms with Crippen LogP contribution in [0.25, 0.3) is 10.9 Å². The van der Waals surface area contributed by atoms with Gasteiger partial charge in [0.05, 0.1) is 17.0 Å². The number of thioether (sulfide) groups is 1. The molecule has 0 N–H and O–H groups in total. The Kier molecular flexibility index (Phi) is 5.37. The summed E-state index contributed by atoms with van der Waals surface area (Å²) in [5.41, 5.74) is 0.927. The molecule has 140 valence electrons. The maximum absolute atomic E-state index is 13.4. The van der Waals surface area contributed by atoms with Crippen LogP contribution in [0.4, 0.5) is 0 Å². The van der Waals surface area contributed by atoms with Crippen molar-refractivity contribution < 1.29 is 4.74 Å². The molecule has 1 saturated carbocycles. The number of benzene rings is 1. The smallest absolute Gasteiger partial charge is 0.262 e. The summed E-state index contributed by atoms with van der Waals surface area (Å²) >= 11 is 1.70. The predicted molar refractivity (Wildman–Crippen MR) is 107 cm³/mol. The number of fused-ring (bicyclic) bond motifs is 1. The molecular formula is C21H28N2O2S. The molecule has 1 aromatic carbocycles. The number of hydrogen-bond acceptors (Lipinski definition) is 4. The molecule has 2 aromatic rings. The van der Waals surface area contributed by atoms with Gasteiger partial charge in [0.2, 0.25) is 0 Å². The van der Waals surface area contributed by atoms with Gasteiger partial charge in [-0.25, -0.2) is 4.98 Å². The Balaban J connectivity index is 1.75. The van der Waals surface area contributed by atoms with E-state index in [9.17, 15) is 4.79 Å². The number of aromatic nitrogens is 2. The fourth-order valence-electron chi connectivity index (χ4n) is 4.38. The molecule has 1 saturated heterocycles. The van der Waals surface area contributed by atoms with Crippen LogP contribution in [0.5, 0.6) is 0 Å². The standard InChI is InChI=1S/C21H28N2O2S/c1-14-7-5-11-19(15(14)2)23-20(24)17-9-3-4-10-18(17)22-21(23)26-13-16-8-6-12-25-16/h3-4,9-10,14-16,19H,5-8,11-13H2,1-2H3. The minimum Gasteiger partial charge on any atom is -0.377 e. The number of rotatable bonds is 4. The first kappa shape index (κ1) is 18.1. The van der Waals surface area contributed by atoms with Gasteiger partial charge in [0.25, 0.3) is 5.56 Å². The monoisotopic (exact) mass is 372 g/mol. The molecule has 2 aliphatic rings. The van der Waals surface area contributed by atoms with Crippen molar-refractivity contribution in [1.82, 2.24) is 9.55 Å². The van der Waals surface area contributed by atoms with Gasteiger partial charge in [-0.15, -0.1) is 0 Å². The summed E-state index contributed by atoms with van der Waals surface area (Å²) in [5, 5.41) is 1.61. The second kappa shape index (κ2) is 7.73. The zero-order valence-corrected chi connectivity index (χ0v) is 16.5. The molecule has 2 heterocycles. The summed E-state index contributed by atoms with van der Waals surface area (Å²) in [5.74, 6) is 2.01. The molecule has 0 spiro atoms. The Morgan fingerprint density at radius 2 is 2.04 bits per heavy atom. The Bertz CT molecular complexity index is 828. The van der Waals surface area contributed by atoms with Crippen molar-refractivity contribution in [2.45, 2.75) is 63.3 Å². The predicted octanol–water partition coefficient (Wildman–Crippen LogP) is 4.66. The van der Waals surface area contributed by atoms with E-state index >= 15 is 0 Å². The van der Waals surface area contributed by atoms with E-state index in [0.29, 0.717) is 17.9 Å². The van der Waals surface area contributed by atoms with Gasteiger partial charge in [-0.2, -0.15) is 0 Å². The third-order valence-electron chi connectivity index (χ3n) is 6.19. The van der Waals surface area contributed by atoms with E-state index in [-0.39, 0.29) is 11.6 Å². The summed E-state index contributed by atoms with van der Waals surface area (Å²) in [6, 6.07) is 7.99. The van der Waals surface area contributed by atoms with E-state index in [2.05, 4.69) is 13.8 Å². The minimum absolute atomic E-state index is 0.122. The van der Waals surface area contributed by atoms with Crippen LogP contribution in [0, 0.1) is 11.8 Å². The van der Waals surface area contributed by atoms with E-state index in [1.165, 1.54) is 12.8 Å². The molecule has 1 aromatic heterocycles. The van der Waals surface area contributed by atoms with Crippen LogP contribution in [0.3, 0.4) is 0 Å². The lowest BCUT2D eigenvalue weighted by Crippen LogP contribution is -2.35. The lowest BCUT2D eigenvalue weighted by molar-refractivity contribution is 0.128. The molecule has 2 fully saturated rings. The first-order valence-electron chi connectivity index (χ1n) is 9.91. The summed E-state index contributed by atoms with van der Waals surface area (Å²) in [6.07, 6.45) is 6.05. The van der Waals surface area contributed by atoms with Crippen molar-refractivity contribution in [1.29, 1.82) is 0 Å². The van der Waals surface area contributed by atoms with Crippen molar-refractivity contribution in [2.75, 3.05) is 12.4 Å². The summed E-state index contributed by atoms with van der Waals surface area (Å²) < 4.78 is 7.80. The number of hydrogen-bond donors (Lipinski definition) is 0. The van der Waals surface area contributed by atoms with Gasteiger partial charge in [0.15, 0.2) is 5.16 Å². The molecule has 4 nitrogen and oxygen atoms in total. The fraction of sp³-hybridized carbons (Fsp3) is 0.619. The summed E-state index contributed by atoms with van der Waals surface area (Å²) in [6.45, 7) is 5.47. The first-order chi connectivity index (χ1) is 12.6. The quantitative estimate of drug-likeness (QED) is 0.578. The molecule has 4 rings (SSSR count). The molecule has 0 amide bonds. The fourth-order valence-corrected chi connectivity index (χ4v) is 5.50. The highest BCUT2D eigenvalue weighted by Crippen LogP contribution is 2.39. The number of ether oxygens (including phenoxy) is 1. The van der Waals surface area contributed by atoms with Gasteiger partial charge in [0, 0.05) is 18.4 Å². The van der Waals surface area contributed by atoms with Crippen LogP contribution >= 0.6 is 11.8 Å². The van der Waals surface area contributed by atoms with E-state index < -0.39 is 0 Å². The molecule has 0 bridgehead atoms. The van der Waals surface area contributed by atoms with E-state index in [0.717, 1.165) is 47.7 Å². The highest BCUT2D eigenvalue weighted by atomic mass is 32.2. The lowest BCUT2D eigenvalue weighted by Gasteiger charge is -2.36. The van der Waals surface area contributed by atoms with Crippen LogP contribution in [0.15, 0.2) is 34.2 Å². The average Bonchev–Trinajstić information content (AvgIpc) is 3.17. The third-order valence-corrected chi connectivity index (χ3v) is 7.28. The Labute approximate surface area is 159 Å². The Morgan fingerprint density at radius 1 is 1.19 bits per heavy atom. The zero-order valence-electron chi connectivity index (χ0n) is 15.7. The lowest BCUT2D eigenvalue weighted by atomic mass is 9.78. The normalized spacial score (nSPS) is 29.3. The highest BCUT2D eigenvalue weighted by Gasteiger charge is 2.31. The molecule has 1 aliphatic carbocycles. The molecule has 4 unspecified atom stereocenters. The minimum atomic E-state index is 0.122. The van der Waals surface area contributed by atoms with Crippen molar-refractivity contribution in [3.05, 3.63) is 34.6 Å². The second-order valence-electron chi connectivity index (χ2n) is 7.87. The van der Waals surface area contributed by atoms with Gasteiger partial charge in [-0.3, -0.25) is 9.36 Å². The van der Waals surface area contributed by atoms with Crippen molar-refractivity contribution in [3.63, 3.8) is 0 Å². The van der Waals surface area contributed by atoms with Crippen molar-refractivity contribution in [2.24, 2.45) is 11.8 Å². The van der Waals surface area contributed by atoms with E-state index in [1.54, 1.807) is 11.8 Å². The second-order valence-corrected chi connectivity index (χ2v) is 8.85. The van der Waals surface area contributed by atoms with Crippen LogP contribution < -0.4 is 5.56 Å². The van der Waals surface area contributed by atoms with E-state index in [1.807, 2.05) is 28.8 Å². The first-order valence-corrected chi connectivity index (χ1v) is 10.9. The van der Waals surface area contributed by atoms with Crippen molar-refractivity contribution in [3.8, 4) is 0 Å². The molecule has 4 atom stereocenters. The maximum Gasteiger partial charge on any atom is 0.262 e. The summed E-state index contributed by atoms with van der Waals surface area (Å²) in [4.78, 5) is 18.3. The number of para-hydroxylation sites is 1. The molecule has 26 heavy (non-hydrogen) atoms. The van der Waals surface area contributed by atoms with Gasteiger partial charge in [-0.05, 0) is 43.2 Å². The molecular weight excluding hydrogens is 344 g/mol. The van der Waals surface area contributed by atoms with Gasteiger partial charge in [-0.1, -0.05) is 50.6 Å². The van der Waals surface area contributed by atoms with Crippen LogP contribution in [-0.4, -0.2) is 28.0 Å². The SMILES string of the molecule is CC1CCCC(n2c(SCC3CCCO3)nc3ccccc3c2=O)C1C. The van der Waals surface area contributed by atoms with Crippen LogP contribution in [0.2, 0.25) is 0 Å². The highest BCUT2D eigenvalue weighted by molar-refractivity contribution is 7.99. The molecule has 1 aliphatic heterocycles. The third kappa shape index (κ3) is 3.44. The molecule has 0 radical (unpaired) electrons. The topological polar surface area (TPSA) is 44.1 Å². The van der Waals surface area contributed by atoms with Crippen LogP contribution in [-0.2, 0) is 4.74 Å². The van der Waals surface area contributed by atoms with Crippen LogP contribution in [0.1, 0.15) is 52.0 Å². The summed E-state index contributed by atoms with van der Waals surface area (Å²) in [7, 11) is 0. The maximum atomic E-state index is 13.4. The molecule has 5 heteroatoms. The Morgan fingerprint density at radius 3 is 2.85 bits per heavy atom.